The Balaban J connectivity index is 2.45. The van der Waals surface area contributed by atoms with Gasteiger partial charge in [0, 0.05) is 11.3 Å². The molecule has 0 amide bonds. The second-order valence-electron chi connectivity index (χ2n) is 6.34. The van der Waals surface area contributed by atoms with Gasteiger partial charge in [0.05, 0.1) is 5.60 Å². The minimum atomic E-state index is -0.777. The molecule has 0 saturated heterocycles. The fourth-order valence-electron chi connectivity index (χ4n) is 4.13. The summed E-state index contributed by atoms with van der Waals surface area (Å²) in [4.78, 5) is 11.0. The van der Waals surface area contributed by atoms with E-state index >= 15 is 0 Å². The Hall–Kier alpha value is -0.370. The van der Waals surface area contributed by atoms with Crippen LogP contribution in [0, 0.1) is 22.7 Å². The first-order valence-corrected chi connectivity index (χ1v) is 5.97. The van der Waals surface area contributed by atoms with Crippen LogP contribution < -0.4 is 0 Å². The zero-order valence-electron chi connectivity index (χ0n) is 10.2. The van der Waals surface area contributed by atoms with Crippen LogP contribution in [0.2, 0.25) is 0 Å². The van der Waals surface area contributed by atoms with Gasteiger partial charge in [-0.2, -0.15) is 0 Å². The molecular weight excluding hydrogens is 188 g/mol. The Morgan fingerprint density at radius 3 is 2.33 bits per heavy atom. The van der Waals surface area contributed by atoms with E-state index in [1.54, 1.807) is 0 Å². The zero-order chi connectivity index (χ0) is 11.5. The second-order valence-corrected chi connectivity index (χ2v) is 6.34. The van der Waals surface area contributed by atoms with Crippen LogP contribution in [0.5, 0.6) is 0 Å². The molecule has 0 spiro atoms. The molecule has 0 radical (unpaired) electrons. The van der Waals surface area contributed by atoms with Crippen molar-refractivity contribution < 1.29 is 9.90 Å². The molecule has 2 fully saturated rings. The topological polar surface area (TPSA) is 37.3 Å². The predicted octanol–water partition coefficient (Wildman–Crippen LogP) is 2.40. The molecule has 2 aliphatic rings. The summed E-state index contributed by atoms with van der Waals surface area (Å²) in [6, 6.07) is 0. The van der Waals surface area contributed by atoms with Crippen LogP contribution in [0.4, 0.5) is 0 Å². The molecule has 0 aliphatic heterocycles. The predicted molar refractivity (Wildman–Crippen MR) is 59.4 cm³/mol. The first kappa shape index (κ1) is 11.1. The summed E-state index contributed by atoms with van der Waals surface area (Å²) in [6.07, 6.45) is 3.98. The SMILES string of the molecule is C[C@@H](C=O)[C@@]1(O)C[C@H]2CC[C@]1(C)C2(C)C. The van der Waals surface area contributed by atoms with E-state index in [1.807, 2.05) is 6.92 Å². The van der Waals surface area contributed by atoms with E-state index in [1.165, 1.54) is 6.42 Å². The van der Waals surface area contributed by atoms with Crippen LogP contribution in [0.25, 0.3) is 0 Å². The lowest BCUT2D eigenvalue weighted by Crippen LogP contribution is -2.52. The Kier molecular flexibility index (Phi) is 2.11. The Morgan fingerprint density at radius 2 is 2.00 bits per heavy atom. The molecule has 15 heavy (non-hydrogen) atoms. The standard InChI is InChI=1S/C13H22O2/c1-9(8-14)13(15)7-10-5-6-12(13,4)11(10,2)3/h8-10,15H,5-7H2,1-4H3/t9-,10+,12+,13-/m0/s1. The molecule has 0 aromatic carbocycles. The molecular formula is C13H22O2. The summed E-state index contributed by atoms with van der Waals surface area (Å²) in [5.74, 6) is 0.335. The lowest BCUT2D eigenvalue weighted by molar-refractivity contribution is -0.141. The lowest BCUT2D eigenvalue weighted by Gasteiger charge is -2.47. The van der Waals surface area contributed by atoms with Gasteiger partial charge < -0.3 is 9.90 Å². The number of hydrogen-bond donors (Lipinski definition) is 1. The molecule has 4 atom stereocenters. The smallest absolute Gasteiger partial charge is 0.125 e. The van der Waals surface area contributed by atoms with E-state index in [9.17, 15) is 9.90 Å². The molecule has 86 valence electrons. The molecule has 0 aromatic rings. The van der Waals surface area contributed by atoms with Crippen molar-refractivity contribution in [2.24, 2.45) is 22.7 Å². The van der Waals surface area contributed by atoms with Gasteiger partial charge in [0.25, 0.3) is 0 Å². The van der Waals surface area contributed by atoms with Crippen molar-refractivity contribution in [2.45, 2.75) is 52.6 Å². The average molecular weight is 210 g/mol. The van der Waals surface area contributed by atoms with Gasteiger partial charge in [-0.1, -0.05) is 27.7 Å². The molecule has 2 saturated carbocycles. The van der Waals surface area contributed by atoms with Crippen LogP contribution in [0.1, 0.15) is 47.0 Å². The number of carbonyl (C=O) groups excluding carboxylic acids is 1. The summed E-state index contributed by atoms with van der Waals surface area (Å²) < 4.78 is 0. The van der Waals surface area contributed by atoms with Crippen LogP contribution in [-0.2, 0) is 4.79 Å². The third-order valence-electron chi connectivity index (χ3n) is 5.91. The van der Waals surface area contributed by atoms with E-state index < -0.39 is 5.60 Å². The summed E-state index contributed by atoms with van der Waals surface area (Å²) >= 11 is 0. The number of aliphatic hydroxyl groups is 1. The molecule has 0 unspecified atom stereocenters. The van der Waals surface area contributed by atoms with Gasteiger partial charge >= 0.3 is 0 Å². The summed E-state index contributed by atoms with van der Waals surface area (Å²) in [7, 11) is 0. The minimum absolute atomic E-state index is 0.0923. The van der Waals surface area contributed by atoms with Crippen LogP contribution in [-0.4, -0.2) is 17.0 Å². The molecule has 2 nitrogen and oxygen atoms in total. The van der Waals surface area contributed by atoms with Gasteiger partial charge in [0.2, 0.25) is 0 Å². The average Bonchev–Trinajstić information content (AvgIpc) is 2.48. The quantitative estimate of drug-likeness (QED) is 0.711. The zero-order valence-corrected chi connectivity index (χ0v) is 10.2. The summed E-state index contributed by atoms with van der Waals surface area (Å²) in [5, 5.41) is 10.8. The minimum Gasteiger partial charge on any atom is -0.389 e. The van der Waals surface area contributed by atoms with E-state index in [0.717, 1.165) is 19.1 Å². The molecule has 2 rings (SSSR count). The maximum absolute atomic E-state index is 11.0. The normalized spacial score (nSPS) is 49.3. The Labute approximate surface area is 92.1 Å². The highest BCUT2D eigenvalue weighted by Crippen LogP contribution is 2.70. The largest absolute Gasteiger partial charge is 0.389 e. The Morgan fingerprint density at radius 1 is 1.40 bits per heavy atom. The molecule has 1 N–H and O–H groups in total. The van der Waals surface area contributed by atoms with Gasteiger partial charge in [-0.05, 0) is 30.6 Å². The van der Waals surface area contributed by atoms with E-state index in [-0.39, 0.29) is 16.7 Å². The van der Waals surface area contributed by atoms with Crippen molar-refractivity contribution >= 4 is 6.29 Å². The fraction of sp³-hybridized carbons (Fsp3) is 0.923. The first-order valence-electron chi connectivity index (χ1n) is 5.97. The molecule has 2 heteroatoms. The van der Waals surface area contributed by atoms with E-state index in [0.29, 0.717) is 5.92 Å². The second kappa shape index (κ2) is 2.85. The Bertz CT molecular complexity index is 297. The number of fused-ring (bicyclic) bond motifs is 2. The summed E-state index contributed by atoms with van der Waals surface area (Å²) in [5.41, 5.74) is -0.703. The molecule has 2 aliphatic carbocycles. The highest BCUT2D eigenvalue weighted by molar-refractivity contribution is 5.56. The fourth-order valence-corrected chi connectivity index (χ4v) is 4.13. The molecule has 0 heterocycles. The van der Waals surface area contributed by atoms with Crippen molar-refractivity contribution in [3.05, 3.63) is 0 Å². The van der Waals surface area contributed by atoms with Gasteiger partial charge in [-0.15, -0.1) is 0 Å². The van der Waals surface area contributed by atoms with E-state index in [2.05, 4.69) is 20.8 Å². The van der Waals surface area contributed by atoms with Gasteiger partial charge in [-0.25, -0.2) is 0 Å². The third-order valence-corrected chi connectivity index (χ3v) is 5.91. The van der Waals surface area contributed by atoms with Crippen LogP contribution in [0.3, 0.4) is 0 Å². The number of aldehydes is 1. The summed E-state index contributed by atoms with van der Waals surface area (Å²) in [6.45, 7) is 8.52. The highest BCUT2D eigenvalue weighted by atomic mass is 16.3. The van der Waals surface area contributed by atoms with Crippen LogP contribution in [0.15, 0.2) is 0 Å². The first-order chi connectivity index (χ1) is 6.79. The van der Waals surface area contributed by atoms with Crippen molar-refractivity contribution in [1.82, 2.24) is 0 Å². The van der Waals surface area contributed by atoms with Gasteiger partial charge in [0.1, 0.15) is 6.29 Å². The third kappa shape index (κ3) is 1.01. The highest BCUT2D eigenvalue weighted by Gasteiger charge is 2.69. The number of rotatable bonds is 2. The lowest BCUT2D eigenvalue weighted by atomic mass is 9.61. The number of hydrogen-bond acceptors (Lipinski definition) is 2. The monoisotopic (exact) mass is 210 g/mol. The van der Waals surface area contributed by atoms with Gasteiger partial charge in [0.15, 0.2) is 0 Å². The molecule has 0 aromatic heterocycles. The van der Waals surface area contributed by atoms with Gasteiger partial charge in [-0.3, -0.25) is 0 Å². The van der Waals surface area contributed by atoms with Crippen molar-refractivity contribution in [2.75, 3.05) is 0 Å². The molecule has 2 bridgehead atoms. The van der Waals surface area contributed by atoms with Crippen molar-refractivity contribution in [3.8, 4) is 0 Å². The van der Waals surface area contributed by atoms with E-state index in [4.69, 9.17) is 0 Å². The number of carbonyl (C=O) groups is 1. The van der Waals surface area contributed by atoms with Crippen molar-refractivity contribution in [3.63, 3.8) is 0 Å². The van der Waals surface area contributed by atoms with Crippen LogP contribution >= 0.6 is 0 Å². The maximum atomic E-state index is 11.0. The van der Waals surface area contributed by atoms with Crippen molar-refractivity contribution in [1.29, 1.82) is 0 Å². The maximum Gasteiger partial charge on any atom is 0.125 e.